The number of ketones is 1. The minimum atomic E-state index is -0.191. The lowest BCUT2D eigenvalue weighted by Crippen LogP contribution is -1.90. The fourth-order valence-corrected chi connectivity index (χ4v) is 2.37. The highest BCUT2D eigenvalue weighted by molar-refractivity contribution is 7.09. The Kier molecular flexibility index (Phi) is 3.94. The maximum atomic E-state index is 11.8. The van der Waals surface area contributed by atoms with Crippen LogP contribution in [0.5, 0.6) is 0 Å². The number of hydrogen-bond acceptors (Lipinski definition) is 3. The van der Waals surface area contributed by atoms with Gasteiger partial charge in [-0.3, -0.25) is 4.79 Å². The molecule has 1 aromatic heterocycles. The molecule has 0 saturated heterocycles. The standard InChI is InChI=1S/C12H7Cl2NOS/c13-10-11(17-15-12(10)14)9(16)7-6-8-4-2-1-3-5-8/h1-7H/b7-6+. The first-order chi connectivity index (χ1) is 8.18. The Labute approximate surface area is 113 Å². The van der Waals surface area contributed by atoms with E-state index in [2.05, 4.69) is 4.37 Å². The molecule has 2 aromatic rings. The molecular weight excluding hydrogens is 277 g/mol. The smallest absolute Gasteiger partial charge is 0.198 e. The van der Waals surface area contributed by atoms with Gasteiger partial charge in [-0.05, 0) is 23.2 Å². The lowest BCUT2D eigenvalue weighted by atomic mass is 10.2. The lowest BCUT2D eigenvalue weighted by Gasteiger charge is -1.92. The summed E-state index contributed by atoms with van der Waals surface area (Å²) >= 11 is 12.5. The molecule has 5 heteroatoms. The third-order valence-electron chi connectivity index (χ3n) is 2.05. The number of rotatable bonds is 3. The van der Waals surface area contributed by atoms with Crippen molar-refractivity contribution in [3.8, 4) is 0 Å². The van der Waals surface area contributed by atoms with Crippen LogP contribution in [0.1, 0.15) is 15.2 Å². The zero-order valence-electron chi connectivity index (χ0n) is 8.56. The van der Waals surface area contributed by atoms with E-state index in [0.717, 1.165) is 17.1 Å². The Morgan fingerprint density at radius 2 is 1.94 bits per heavy atom. The molecule has 0 atom stereocenters. The maximum absolute atomic E-state index is 11.8. The monoisotopic (exact) mass is 283 g/mol. The molecule has 2 nitrogen and oxygen atoms in total. The van der Waals surface area contributed by atoms with E-state index in [1.165, 1.54) is 6.08 Å². The largest absolute Gasteiger partial charge is 0.288 e. The molecule has 0 aliphatic rings. The van der Waals surface area contributed by atoms with Crippen molar-refractivity contribution in [1.29, 1.82) is 0 Å². The molecular formula is C12H7Cl2NOS. The number of hydrogen-bond donors (Lipinski definition) is 0. The Morgan fingerprint density at radius 1 is 1.24 bits per heavy atom. The van der Waals surface area contributed by atoms with E-state index in [0.29, 0.717) is 4.88 Å². The third kappa shape index (κ3) is 2.94. The van der Waals surface area contributed by atoms with Gasteiger partial charge in [-0.15, -0.1) is 0 Å². The van der Waals surface area contributed by atoms with Gasteiger partial charge in [0.25, 0.3) is 0 Å². The summed E-state index contributed by atoms with van der Waals surface area (Å²) in [6, 6.07) is 9.54. The first-order valence-electron chi connectivity index (χ1n) is 4.76. The minimum absolute atomic E-state index is 0.174. The first-order valence-corrected chi connectivity index (χ1v) is 6.29. The van der Waals surface area contributed by atoms with Crippen molar-refractivity contribution in [1.82, 2.24) is 4.37 Å². The van der Waals surface area contributed by atoms with Crippen molar-refractivity contribution in [2.75, 3.05) is 0 Å². The first kappa shape index (κ1) is 12.3. The molecule has 2 rings (SSSR count). The van der Waals surface area contributed by atoms with E-state index in [4.69, 9.17) is 23.2 Å². The summed E-state index contributed by atoms with van der Waals surface area (Å²) in [5.41, 5.74) is 0.951. The molecule has 0 aliphatic carbocycles. The van der Waals surface area contributed by atoms with E-state index in [1.54, 1.807) is 6.08 Å². The molecule has 0 bridgehead atoms. The number of allylic oxidation sites excluding steroid dienone is 1. The highest BCUT2D eigenvalue weighted by Crippen LogP contribution is 2.29. The average molecular weight is 284 g/mol. The zero-order valence-corrected chi connectivity index (χ0v) is 10.9. The number of halogens is 2. The molecule has 0 radical (unpaired) electrons. The average Bonchev–Trinajstić information content (AvgIpc) is 2.69. The van der Waals surface area contributed by atoms with Crippen LogP contribution >= 0.6 is 34.7 Å². The Hall–Kier alpha value is -1.16. The van der Waals surface area contributed by atoms with Gasteiger partial charge in [0.05, 0.1) is 0 Å². The summed E-state index contributed by atoms with van der Waals surface area (Å²) in [6.07, 6.45) is 3.19. The predicted octanol–water partition coefficient (Wildman–Crippen LogP) is 4.35. The van der Waals surface area contributed by atoms with Gasteiger partial charge in [0.1, 0.15) is 9.90 Å². The summed E-state index contributed by atoms with van der Waals surface area (Å²) in [5.74, 6) is -0.191. The topological polar surface area (TPSA) is 30.0 Å². The minimum Gasteiger partial charge on any atom is -0.288 e. The van der Waals surface area contributed by atoms with Crippen LogP contribution in [0.3, 0.4) is 0 Å². The number of benzene rings is 1. The summed E-state index contributed by atoms with van der Waals surface area (Å²) in [7, 11) is 0. The second kappa shape index (κ2) is 5.45. The predicted molar refractivity (Wildman–Crippen MR) is 71.9 cm³/mol. The second-order valence-corrected chi connectivity index (χ2v) is 4.73. The van der Waals surface area contributed by atoms with Crippen molar-refractivity contribution >= 4 is 46.6 Å². The molecule has 0 unspecified atom stereocenters. The van der Waals surface area contributed by atoms with Gasteiger partial charge in [-0.1, -0.05) is 59.6 Å². The fraction of sp³-hybridized carbons (Fsp3) is 0. The summed E-state index contributed by atoms with van der Waals surface area (Å²) in [5, 5.41) is 0.396. The van der Waals surface area contributed by atoms with Crippen LogP contribution < -0.4 is 0 Å². The molecule has 1 heterocycles. The summed E-state index contributed by atoms with van der Waals surface area (Å²) in [4.78, 5) is 12.2. The maximum Gasteiger partial charge on any atom is 0.198 e. The third-order valence-corrected chi connectivity index (χ3v) is 3.86. The quantitative estimate of drug-likeness (QED) is 0.619. The van der Waals surface area contributed by atoms with Gasteiger partial charge in [0.15, 0.2) is 10.9 Å². The van der Waals surface area contributed by atoms with Crippen molar-refractivity contribution in [2.24, 2.45) is 0 Å². The van der Waals surface area contributed by atoms with Gasteiger partial charge in [-0.25, -0.2) is 0 Å². The number of nitrogens with zero attached hydrogens (tertiary/aromatic N) is 1. The van der Waals surface area contributed by atoms with E-state index in [9.17, 15) is 4.79 Å². The van der Waals surface area contributed by atoms with Gasteiger partial charge in [0.2, 0.25) is 0 Å². The van der Waals surface area contributed by atoms with Gasteiger partial charge >= 0.3 is 0 Å². The van der Waals surface area contributed by atoms with E-state index >= 15 is 0 Å². The Morgan fingerprint density at radius 3 is 2.53 bits per heavy atom. The molecule has 0 aliphatic heterocycles. The molecule has 0 N–H and O–H groups in total. The van der Waals surface area contributed by atoms with Crippen molar-refractivity contribution < 1.29 is 4.79 Å². The highest BCUT2D eigenvalue weighted by Gasteiger charge is 2.14. The van der Waals surface area contributed by atoms with Crippen LogP contribution in [-0.4, -0.2) is 10.2 Å². The second-order valence-electron chi connectivity index (χ2n) is 3.22. The normalized spacial score (nSPS) is 10.9. The summed E-state index contributed by atoms with van der Waals surface area (Å²) < 4.78 is 3.81. The lowest BCUT2D eigenvalue weighted by molar-refractivity contribution is 0.105. The van der Waals surface area contributed by atoms with E-state index in [1.807, 2.05) is 30.3 Å². The zero-order chi connectivity index (χ0) is 12.3. The Balaban J connectivity index is 2.18. The molecule has 0 amide bonds. The number of aromatic nitrogens is 1. The van der Waals surface area contributed by atoms with E-state index < -0.39 is 0 Å². The molecule has 0 fully saturated rings. The number of carbonyl (C=O) groups excluding carboxylic acids is 1. The van der Waals surface area contributed by atoms with Crippen LogP contribution in [0, 0.1) is 0 Å². The SMILES string of the molecule is O=C(/C=C/c1ccccc1)c1snc(Cl)c1Cl. The van der Waals surface area contributed by atoms with Crippen LogP contribution in [0.4, 0.5) is 0 Å². The van der Waals surface area contributed by atoms with Gasteiger partial charge in [-0.2, -0.15) is 4.37 Å². The van der Waals surface area contributed by atoms with Crippen molar-refractivity contribution in [3.63, 3.8) is 0 Å². The molecule has 86 valence electrons. The van der Waals surface area contributed by atoms with Crippen LogP contribution in [0.2, 0.25) is 10.2 Å². The van der Waals surface area contributed by atoms with Crippen molar-refractivity contribution in [2.45, 2.75) is 0 Å². The van der Waals surface area contributed by atoms with E-state index in [-0.39, 0.29) is 16.0 Å². The van der Waals surface area contributed by atoms with Crippen LogP contribution in [0.15, 0.2) is 36.4 Å². The fourth-order valence-electron chi connectivity index (χ4n) is 1.22. The summed E-state index contributed by atoms with van der Waals surface area (Å²) in [6.45, 7) is 0. The molecule has 17 heavy (non-hydrogen) atoms. The van der Waals surface area contributed by atoms with Crippen LogP contribution in [-0.2, 0) is 0 Å². The molecule has 0 spiro atoms. The molecule has 0 saturated carbocycles. The van der Waals surface area contributed by atoms with Crippen molar-refractivity contribution in [3.05, 3.63) is 57.0 Å². The molecule has 1 aromatic carbocycles. The Bertz CT molecular complexity index is 563. The number of carbonyl (C=O) groups is 1. The van der Waals surface area contributed by atoms with Crippen LogP contribution in [0.25, 0.3) is 6.08 Å². The van der Waals surface area contributed by atoms with Gasteiger partial charge < -0.3 is 0 Å². The van der Waals surface area contributed by atoms with Gasteiger partial charge in [0, 0.05) is 0 Å². The highest BCUT2D eigenvalue weighted by atomic mass is 35.5.